The van der Waals surface area contributed by atoms with Gasteiger partial charge in [0.2, 0.25) is 5.91 Å². The van der Waals surface area contributed by atoms with Crippen LogP contribution < -0.4 is 10.1 Å². The number of carbonyl (C=O) groups excluding carboxylic acids is 1. The zero-order chi connectivity index (χ0) is 15.2. The molecule has 0 radical (unpaired) electrons. The van der Waals surface area contributed by atoms with E-state index in [0.717, 1.165) is 22.6 Å². The fourth-order valence-electron chi connectivity index (χ4n) is 1.91. The number of aryl methyl sites for hydroxylation is 2. The molecule has 0 heterocycles. The molecular formula is C17H18ClNO2. The predicted octanol–water partition coefficient (Wildman–Crippen LogP) is 4.36. The predicted molar refractivity (Wildman–Crippen MR) is 86.1 cm³/mol. The quantitative estimate of drug-likeness (QED) is 0.891. The van der Waals surface area contributed by atoms with Crippen molar-refractivity contribution in [2.45, 2.75) is 20.3 Å². The number of amides is 1. The third kappa shape index (κ3) is 4.80. The Kier molecular flexibility index (Phi) is 5.23. The van der Waals surface area contributed by atoms with Gasteiger partial charge in [0, 0.05) is 10.7 Å². The van der Waals surface area contributed by atoms with Crippen molar-refractivity contribution in [2.24, 2.45) is 0 Å². The van der Waals surface area contributed by atoms with Crippen LogP contribution in [0.1, 0.15) is 17.5 Å². The first-order chi connectivity index (χ1) is 10.0. The van der Waals surface area contributed by atoms with E-state index in [2.05, 4.69) is 5.32 Å². The van der Waals surface area contributed by atoms with E-state index in [1.165, 1.54) is 0 Å². The lowest BCUT2D eigenvalue weighted by Crippen LogP contribution is -2.15. The maximum absolute atomic E-state index is 11.9. The van der Waals surface area contributed by atoms with Gasteiger partial charge in [-0.3, -0.25) is 4.79 Å². The van der Waals surface area contributed by atoms with E-state index in [1.807, 2.05) is 44.2 Å². The van der Waals surface area contributed by atoms with Gasteiger partial charge in [0.15, 0.2) is 0 Å². The molecule has 0 unspecified atom stereocenters. The normalized spacial score (nSPS) is 10.2. The SMILES string of the molecule is Cc1cccc(OCCC(=O)Nc2cc(Cl)ccc2C)c1. The Morgan fingerprint density at radius 2 is 2.00 bits per heavy atom. The summed E-state index contributed by atoms with van der Waals surface area (Å²) in [6.45, 7) is 4.27. The highest BCUT2D eigenvalue weighted by Crippen LogP contribution is 2.20. The van der Waals surface area contributed by atoms with Crippen LogP contribution >= 0.6 is 11.6 Å². The van der Waals surface area contributed by atoms with Crippen LogP contribution in [0.25, 0.3) is 0 Å². The molecule has 21 heavy (non-hydrogen) atoms. The first kappa shape index (κ1) is 15.4. The third-order valence-electron chi connectivity index (χ3n) is 3.06. The summed E-state index contributed by atoms with van der Waals surface area (Å²) in [5.74, 6) is 0.690. The number of anilines is 1. The molecule has 4 heteroatoms. The van der Waals surface area contributed by atoms with Gasteiger partial charge in [-0.2, -0.15) is 0 Å². The summed E-state index contributed by atoms with van der Waals surface area (Å²) in [6.07, 6.45) is 0.292. The Balaban J connectivity index is 1.84. The zero-order valence-corrected chi connectivity index (χ0v) is 12.9. The van der Waals surface area contributed by atoms with Crippen LogP contribution in [-0.4, -0.2) is 12.5 Å². The number of nitrogens with one attached hydrogen (secondary N) is 1. The summed E-state index contributed by atoms with van der Waals surface area (Å²) in [7, 11) is 0. The first-order valence-corrected chi connectivity index (χ1v) is 7.18. The van der Waals surface area contributed by atoms with Gasteiger partial charge in [0.1, 0.15) is 5.75 Å². The topological polar surface area (TPSA) is 38.3 Å². The van der Waals surface area contributed by atoms with Crippen LogP contribution in [0.2, 0.25) is 5.02 Å². The summed E-state index contributed by atoms with van der Waals surface area (Å²) < 4.78 is 5.56. The molecule has 0 aliphatic rings. The summed E-state index contributed by atoms with van der Waals surface area (Å²) in [5.41, 5.74) is 2.85. The van der Waals surface area contributed by atoms with Gasteiger partial charge in [-0.1, -0.05) is 29.8 Å². The monoisotopic (exact) mass is 303 g/mol. The second-order valence-corrected chi connectivity index (χ2v) is 5.36. The molecule has 0 spiro atoms. The molecule has 0 saturated carbocycles. The Bertz CT molecular complexity index is 640. The maximum Gasteiger partial charge on any atom is 0.227 e. The Morgan fingerprint density at radius 1 is 1.19 bits per heavy atom. The van der Waals surface area contributed by atoms with Gasteiger partial charge in [-0.15, -0.1) is 0 Å². The second-order valence-electron chi connectivity index (χ2n) is 4.92. The van der Waals surface area contributed by atoms with Crippen LogP contribution in [0.4, 0.5) is 5.69 Å². The lowest BCUT2D eigenvalue weighted by atomic mass is 10.2. The molecule has 0 bridgehead atoms. The summed E-state index contributed by atoms with van der Waals surface area (Å²) in [6, 6.07) is 13.2. The highest BCUT2D eigenvalue weighted by molar-refractivity contribution is 6.31. The number of benzene rings is 2. The van der Waals surface area contributed by atoms with E-state index < -0.39 is 0 Å². The van der Waals surface area contributed by atoms with Crippen LogP contribution in [0, 0.1) is 13.8 Å². The zero-order valence-electron chi connectivity index (χ0n) is 12.2. The number of ether oxygens (including phenoxy) is 1. The van der Waals surface area contributed by atoms with Crippen molar-refractivity contribution >= 4 is 23.2 Å². The van der Waals surface area contributed by atoms with Gasteiger partial charge in [0.25, 0.3) is 0 Å². The van der Waals surface area contributed by atoms with E-state index in [-0.39, 0.29) is 5.91 Å². The minimum Gasteiger partial charge on any atom is -0.493 e. The molecule has 110 valence electrons. The summed E-state index contributed by atoms with van der Waals surface area (Å²) in [5, 5.41) is 3.45. The Morgan fingerprint density at radius 3 is 2.76 bits per heavy atom. The van der Waals surface area contributed by atoms with Crippen LogP contribution in [0.3, 0.4) is 0 Å². The Hall–Kier alpha value is -2.00. The lowest BCUT2D eigenvalue weighted by Gasteiger charge is -2.10. The van der Waals surface area contributed by atoms with Crippen LogP contribution in [-0.2, 0) is 4.79 Å². The van der Waals surface area contributed by atoms with Crippen molar-refractivity contribution in [1.82, 2.24) is 0 Å². The Labute approximate surface area is 129 Å². The molecule has 0 aliphatic carbocycles. The average Bonchev–Trinajstić information content (AvgIpc) is 2.43. The van der Waals surface area contributed by atoms with Crippen molar-refractivity contribution in [2.75, 3.05) is 11.9 Å². The maximum atomic E-state index is 11.9. The highest BCUT2D eigenvalue weighted by Gasteiger charge is 2.06. The van der Waals surface area contributed by atoms with Gasteiger partial charge >= 0.3 is 0 Å². The smallest absolute Gasteiger partial charge is 0.227 e. The molecule has 0 saturated heterocycles. The molecule has 2 rings (SSSR count). The van der Waals surface area contributed by atoms with Gasteiger partial charge < -0.3 is 10.1 Å². The molecule has 2 aromatic carbocycles. The van der Waals surface area contributed by atoms with Crippen molar-refractivity contribution < 1.29 is 9.53 Å². The summed E-state index contributed by atoms with van der Waals surface area (Å²) in [4.78, 5) is 11.9. The molecule has 2 aromatic rings. The number of hydrogen-bond donors (Lipinski definition) is 1. The number of hydrogen-bond acceptors (Lipinski definition) is 2. The van der Waals surface area contributed by atoms with E-state index in [9.17, 15) is 4.79 Å². The highest BCUT2D eigenvalue weighted by atomic mass is 35.5. The number of rotatable bonds is 5. The molecule has 0 atom stereocenters. The van der Waals surface area contributed by atoms with E-state index in [4.69, 9.17) is 16.3 Å². The molecule has 0 aliphatic heterocycles. The summed E-state index contributed by atoms with van der Waals surface area (Å²) >= 11 is 5.92. The van der Waals surface area contributed by atoms with Gasteiger partial charge in [0.05, 0.1) is 13.0 Å². The van der Waals surface area contributed by atoms with Crippen LogP contribution in [0.15, 0.2) is 42.5 Å². The van der Waals surface area contributed by atoms with Gasteiger partial charge in [-0.25, -0.2) is 0 Å². The van der Waals surface area contributed by atoms with Gasteiger partial charge in [-0.05, 0) is 49.2 Å². The van der Waals surface area contributed by atoms with Crippen molar-refractivity contribution in [3.63, 3.8) is 0 Å². The number of halogens is 1. The fraction of sp³-hybridized carbons (Fsp3) is 0.235. The molecular weight excluding hydrogens is 286 g/mol. The van der Waals surface area contributed by atoms with Crippen molar-refractivity contribution in [3.05, 3.63) is 58.6 Å². The largest absolute Gasteiger partial charge is 0.493 e. The number of carbonyl (C=O) groups is 1. The minimum absolute atomic E-state index is 0.0898. The molecule has 0 aromatic heterocycles. The third-order valence-corrected chi connectivity index (χ3v) is 3.30. The second kappa shape index (κ2) is 7.14. The van der Waals surface area contributed by atoms with Crippen molar-refractivity contribution in [3.8, 4) is 5.75 Å². The molecule has 0 fully saturated rings. The van der Waals surface area contributed by atoms with Crippen LogP contribution in [0.5, 0.6) is 5.75 Å². The molecule has 3 nitrogen and oxygen atoms in total. The standard InChI is InChI=1S/C17H18ClNO2/c1-12-4-3-5-15(10-12)21-9-8-17(20)19-16-11-14(18)7-6-13(16)2/h3-7,10-11H,8-9H2,1-2H3,(H,19,20). The molecule has 1 amide bonds. The first-order valence-electron chi connectivity index (χ1n) is 6.80. The fourth-order valence-corrected chi connectivity index (χ4v) is 2.08. The average molecular weight is 304 g/mol. The lowest BCUT2D eigenvalue weighted by molar-refractivity contribution is -0.116. The minimum atomic E-state index is -0.0898. The molecule has 1 N–H and O–H groups in total. The van der Waals surface area contributed by atoms with E-state index in [1.54, 1.807) is 12.1 Å². The van der Waals surface area contributed by atoms with E-state index in [0.29, 0.717) is 18.1 Å². The van der Waals surface area contributed by atoms with E-state index >= 15 is 0 Å². The van der Waals surface area contributed by atoms with Crippen molar-refractivity contribution in [1.29, 1.82) is 0 Å².